The molecule has 1 aromatic heterocycles. The standard InChI is InChI=1S/C24H31N5O2/c30-22(17-19-7-3-1-4-8-19)29-12-9-21-20(18-29)23(27-10-5-2-6-11-27)26-24(25-21)28-13-15-31-16-14-28/h1,3-4,7-8H,2,5-6,9-18H2. The number of rotatable bonds is 4. The van der Waals surface area contributed by atoms with Crippen molar-refractivity contribution in [3.05, 3.63) is 47.2 Å². The van der Waals surface area contributed by atoms with E-state index in [9.17, 15) is 4.79 Å². The third-order valence-electron chi connectivity index (χ3n) is 6.53. The zero-order chi connectivity index (χ0) is 21.0. The fraction of sp³-hybridized carbons (Fsp3) is 0.542. The van der Waals surface area contributed by atoms with Crippen molar-refractivity contribution in [2.24, 2.45) is 0 Å². The van der Waals surface area contributed by atoms with Crippen molar-refractivity contribution >= 4 is 17.7 Å². The molecule has 0 bridgehead atoms. The Balaban J connectivity index is 1.42. The van der Waals surface area contributed by atoms with Gasteiger partial charge in [-0.1, -0.05) is 30.3 Å². The highest BCUT2D eigenvalue weighted by atomic mass is 16.5. The SMILES string of the molecule is O=C(Cc1ccccc1)N1CCc2nc(N3CCOCC3)nc(N3CCCCC3)c2C1. The number of fused-ring (bicyclic) bond motifs is 1. The number of benzene rings is 1. The molecule has 0 unspecified atom stereocenters. The molecule has 7 heteroatoms. The highest BCUT2D eigenvalue weighted by molar-refractivity contribution is 5.79. The topological polar surface area (TPSA) is 61.8 Å². The number of piperidine rings is 1. The van der Waals surface area contributed by atoms with Gasteiger partial charge in [0.25, 0.3) is 0 Å². The maximum atomic E-state index is 13.0. The number of morpholine rings is 1. The van der Waals surface area contributed by atoms with E-state index >= 15 is 0 Å². The fourth-order valence-corrected chi connectivity index (χ4v) is 4.75. The van der Waals surface area contributed by atoms with Crippen LogP contribution in [0.2, 0.25) is 0 Å². The van der Waals surface area contributed by atoms with Gasteiger partial charge in [-0.2, -0.15) is 4.98 Å². The minimum Gasteiger partial charge on any atom is -0.378 e. The molecule has 0 saturated carbocycles. The summed E-state index contributed by atoms with van der Waals surface area (Å²) in [4.78, 5) is 29.7. The first-order valence-corrected chi connectivity index (χ1v) is 11.6. The van der Waals surface area contributed by atoms with Crippen molar-refractivity contribution in [3.63, 3.8) is 0 Å². The Kier molecular flexibility index (Phi) is 6.02. The first-order chi connectivity index (χ1) is 15.3. The second-order valence-corrected chi connectivity index (χ2v) is 8.65. The van der Waals surface area contributed by atoms with E-state index in [2.05, 4.69) is 9.80 Å². The van der Waals surface area contributed by atoms with Crippen LogP contribution in [0, 0.1) is 0 Å². The summed E-state index contributed by atoms with van der Waals surface area (Å²) in [6, 6.07) is 10.0. The van der Waals surface area contributed by atoms with Gasteiger partial charge in [-0.15, -0.1) is 0 Å². The van der Waals surface area contributed by atoms with Gasteiger partial charge in [-0.25, -0.2) is 4.98 Å². The highest BCUT2D eigenvalue weighted by Crippen LogP contribution is 2.31. The Morgan fingerprint density at radius 2 is 1.68 bits per heavy atom. The number of aromatic nitrogens is 2. The lowest BCUT2D eigenvalue weighted by Gasteiger charge is -2.36. The minimum absolute atomic E-state index is 0.179. The van der Waals surface area contributed by atoms with Crippen LogP contribution < -0.4 is 9.80 Å². The monoisotopic (exact) mass is 421 g/mol. The molecular formula is C24H31N5O2. The molecule has 0 atom stereocenters. The number of amides is 1. The van der Waals surface area contributed by atoms with Gasteiger partial charge in [0.15, 0.2) is 0 Å². The van der Waals surface area contributed by atoms with Crippen LogP contribution in [0.4, 0.5) is 11.8 Å². The molecule has 0 aliphatic carbocycles. The Morgan fingerprint density at radius 1 is 0.903 bits per heavy atom. The van der Waals surface area contributed by atoms with Crippen LogP contribution >= 0.6 is 0 Å². The van der Waals surface area contributed by atoms with E-state index in [0.29, 0.717) is 13.0 Å². The first kappa shape index (κ1) is 20.2. The first-order valence-electron chi connectivity index (χ1n) is 11.6. The number of anilines is 2. The van der Waals surface area contributed by atoms with Crippen molar-refractivity contribution in [2.45, 2.75) is 38.6 Å². The van der Waals surface area contributed by atoms with Gasteiger partial charge in [-0.05, 0) is 24.8 Å². The van der Waals surface area contributed by atoms with Gasteiger partial charge >= 0.3 is 0 Å². The van der Waals surface area contributed by atoms with Crippen molar-refractivity contribution in [2.75, 3.05) is 55.7 Å². The van der Waals surface area contributed by atoms with Gasteiger partial charge in [0.05, 0.1) is 31.9 Å². The summed E-state index contributed by atoms with van der Waals surface area (Å²) in [5, 5.41) is 0. The summed E-state index contributed by atoms with van der Waals surface area (Å²) < 4.78 is 5.52. The van der Waals surface area contributed by atoms with Crippen LogP contribution in [0.15, 0.2) is 30.3 Å². The lowest BCUT2D eigenvalue weighted by molar-refractivity contribution is -0.131. The molecule has 7 nitrogen and oxygen atoms in total. The molecular weight excluding hydrogens is 390 g/mol. The summed E-state index contributed by atoms with van der Waals surface area (Å²) in [6.07, 6.45) is 4.91. The quantitative estimate of drug-likeness (QED) is 0.756. The predicted octanol–water partition coefficient (Wildman–Crippen LogP) is 2.43. The number of carbonyl (C=O) groups is 1. The number of nitrogens with zero attached hydrogens (tertiary/aromatic N) is 5. The summed E-state index contributed by atoms with van der Waals surface area (Å²) in [5.41, 5.74) is 3.32. The summed E-state index contributed by atoms with van der Waals surface area (Å²) in [6.45, 7) is 6.50. The van der Waals surface area contributed by atoms with Crippen LogP contribution in [0.25, 0.3) is 0 Å². The summed E-state index contributed by atoms with van der Waals surface area (Å²) in [5.74, 6) is 2.05. The van der Waals surface area contributed by atoms with Crippen molar-refractivity contribution < 1.29 is 9.53 Å². The van der Waals surface area contributed by atoms with Gasteiger partial charge in [-0.3, -0.25) is 4.79 Å². The Hall–Kier alpha value is -2.67. The molecule has 5 rings (SSSR count). The summed E-state index contributed by atoms with van der Waals surface area (Å²) in [7, 11) is 0. The third kappa shape index (κ3) is 4.51. The molecule has 1 aromatic carbocycles. The van der Waals surface area contributed by atoms with Gasteiger partial charge in [0, 0.05) is 44.7 Å². The van der Waals surface area contributed by atoms with Crippen molar-refractivity contribution in [1.82, 2.24) is 14.9 Å². The largest absolute Gasteiger partial charge is 0.378 e. The molecule has 1 amide bonds. The molecule has 164 valence electrons. The Labute approximate surface area is 184 Å². The minimum atomic E-state index is 0.179. The molecule has 4 heterocycles. The number of ether oxygens (including phenoxy) is 1. The van der Waals surface area contributed by atoms with E-state index in [0.717, 1.165) is 80.9 Å². The second-order valence-electron chi connectivity index (χ2n) is 8.65. The molecule has 0 spiro atoms. The smallest absolute Gasteiger partial charge is 0.227 e. The highest BCUT2D eigenvalue weighted by Gasteiger charge is 2.29. The van der Waals surface area contributed by atoms with E-state index < -0.39 is 0 Å². The van der Waals surface area contributed by atoms with Crippen LogP contribution in [-0.4, -0.2) is 66.7 Å². The molecule has 2 saturated heterocycles. The zero-order valence-electron chi connectivity index (χ0n) is 18.1. The Bertz CT molecular complexity index is 908. The van der Waals surface area contributed by atoms with Gasteiger partial charge in [0.1, 0.15) is 5.82 Å². The second kappa shape index (κ2) is 9.22. The molecule has 3 aliphatic rings. The lowest BCUT2D eigenvalue weighted by Crippen LogP contribution is -2.41. The fourth-order valence-electron chi connectivity index (χ4n) is 4.75. The molecule has 31 heavy (non-hydrogen) atoms. The van der Waals surface area contributed by atoms with E-state index in [1.54, 1.807) is 0 Å². The molecule has 3 aliphatic heterocycles. The summed E-state index contributed by atoms with van der Waals surface area (Å²) >= 11 is 0. The normalized spacial score (nSPS) is 19.3. The third-order valence-corrected chi connectivity index (χ3v) is 6.53. The predicted molar refractivity (Wildman–Crippen MR) is 120 cm³/mol. The maximum absolute atomic E-state index is 13.0. The number of hydrogen-bond donors (Lipinski definition) is 0. The van der Waals surface area contributed by atoms with E-state index in [-0.39, 0.29) is 5.91 Å². The van der Waals surface area contributed by atoms with E-state index in [1.807, 2.05) is 35.2 Å². The molecule has 2 aromatic rings. The molecule has 0 N–H and O–H groups in total. The van der Waals surface area contributed by atoms with Gasteiger partial charge < -0.3 is 19.4 Å². The number of hydrogen-bond acceptors (Lipinski definition) is 6. The lowest BCUT2D eigenvalue weighted by atomic mass is 10.0. The average Bonchev–Trinajstić information content (AvgIpc) is 2.84. The maximum Gasteiger partial charge on any atom is 0.227 e. The Morgan fingerprint density at radius 3 is 2.45 bits per heavy atom. The van der Waals surface area contributed by atoms with E-state index in [1.165, 1.54) is 19.3 Å². The molecule has 2 fully saturated rings. The number of carbonyl (C=O) groups excluding carboxylic acids is 1. The zero-order valence-corrected chi connectivity index (χ0v) is 18.1. The van der Waals surface area contributed by atoms with Crippen molar-refractivity contribution in [1.29, 1.82) is 0 Å². The van der Waals surface area contributed by atoms with Gasteiger partial charge in [0.2, 0.25) is 11.9 Å². The molecule has 0 radical (unpaired) electrons. The van der Waals surface area contributed by atoms with Crippen molar-refractivity contribution in [3.8, 4) is 0 Å². The average molecular weight is 422 g/mol. The van der Waals surface area contributed by atoms with Crippen LogP contribution in [0.1, 0.15) is 36.1 Å². The van der Waals surface area contributed by atoms with Crippen LogP contribution in [0.5, 0.6) is 0 Å². The van der Waals surface area contributed by atoms with Crippen LogP contribution in [0.3, 0.4) is 0 Å². The van der Waals surface area contributed by atoms with E-state index in [4.69, 9.17) is 14.7 Å². The van der Waals surface area contributed by atoms with Crippen LogP contribution in [-0.2, 0) is 28.9 Å².